The highest BCUT2D eigenvalue weighted by molar-refractivity contribution is 6.34. The Kier molecular flexibility index (Phi) is 9.68. The van der Waals surface area contributed by atoms with Crippen molar-refractivity contribution < 1.29 is 23.8 Å². The first-order valence-corrected chi connectivity index (χ1v) is 15.6. The van der Waals surface area contributed by atoms with Gasteiger partial charge in [-0.15, -0.1) is 0 Å². The Bertz CT molecular complexity index is 1610. The minimum absolute atomic E-state index is 0.214. The second-order valence-electron chi connectivity index (χ2n) is 11.5. The number of hydrogen-bond donors (Lipinski definition) is 1. The molecule has 2 aromatic carbocycles. The maximum Gasteiger partial charge on any atom is 0.186 e. The number of ether oxygens (including phenoxy) is 3. The molecule has 2 saturated heterocycles. The summed E-state index contributed by atoms with van der Waals surface area (Å²) in [5.74, 6) is 1.19. The lowest BCUT2D eigenvalue weighted by Crippen LogP contribution is -2.48. The predicted molar refractivity (Wildman–Crippen MR) is 175 cm³/mol. The average Bonchev–Trinajstić information content (AvgIpc) is 3.59. The number of methoxy groups -OCH3 is 2. The van der Waals surface area contributed by atoms with E-state index in [1.165, 1.54) is 50.5 Å². The molecule has 45 heavy (non-hydrogen) atoms. The van der Waals surface area contributed by atoms with Crippen LogP contribution in [0.3, 0.4) is 0 Å². The van der Waals surface area contributed by atoms with Crippen molar-refractivity contribution in [1.29, 1.82) is 0 Å². The molecule has 11 heteroatoms. The van der Waals surface area contributed by atoms with E-state index in [-0.39, 0.29) is 11.6 Å². The highest BCUT2D eigenvalue weighted by Crippen LogP contribution is 2.37. The van der Waals surface area contributed by atoms with Crippen molar-refractivity contribution in [3.63, 3.8) is 0 Å². The molecule has 2 fully saturated rings. The third-order valence-corrected chi connectivity index (χ3v) is 8.63. The quantitative estimate of drug-likeness (QED) is 0.239. The lowest BCUT2D eigenvalue weighted by atomic mass is 9.94. The summed E-state index contributed by atoms with van der Waals surface area (Å²) in [5, 5.41) is 4.14. The second kappa shape index (κ2) is 14.2. The van der Waals surface area contributed by atoms with Gasteiger partial charge in [-0.25, -0.2) is 9.97 Å². The zero-order chi connectivity index (χ0) is 31.2. The first-order valence-electron chi connectivity index (χ1n) is 15.6. The first-order chi connectivity index (χ1) is 22.0. The van der Waals surface area contributed by atoms with Gasteiger partial charge in [-0.1, -0.05) is 0 Å². The van der Waals surface area contributed by atoms with Crippen molar-refractivity contribution in [2.45, 2.75) is 12.8 Å². The maximum absolute atomic E-state index is 13.1. The van der Waals surface area contributed by atoms with Gasteiger partial charge in [0.05, 0.1) is 19.2 Å². The fourth-order valence-electron chi connectivity index (χ4n) is 6.10. The molecule has 0 spiro atoms. The first kappa shape index (κ1) is 30.7. The van der Waals surface area contributed by atoms with Gasteiger partial charge in [0, 0.05) is 80.3 Å². The van der Waals surface area contributed by atoms with Crippen LogP contribution in [-0.4, -0.2) is 111 Å². The number of ketones is 2. The average molecular weight is 613 g/mol. The number of hydrogen-bond acceptors (Lipinski definition) is 11. The molecule has 3 aromatic rings. The van der Waals surface area contributed by atoms with Gasteiger partial charge in [0.1, 0.15) is 18.8 Å². The molecule has 0 bridgehead atoms. The number of fused-ring (bicyclic) bond motifs is 1. The topological polar surface area (TPSA) is 109 Å². The summed E-state index contributed by atoms with van der Waals surface area (Å²) >= 11 is 0. The smallest absolute Gasteiger partial charge is 0.186 e. The molecule has 2 aliphatic heterocycles. The van der Waals surface area contributed by atoms with Gasteiger partial charge in [0.15, 0.2) is 23.1 Å². The Morgan fingerprint density at radius 2 is 1.62 bits per heavy atom. The molecule has 3 aliphatic rings. The van der Waals surface area contributed by atoms with Crippen LogP contribution in [0.4, 0.5) is 17.2 Å². The molecule has 1 N–H and O–H groups in total. The number of nitrogens with zero attached hydrogens (tertiary/aromatic N) is 5. The fraction of sp³-hybridized carbons (Fsp3) is 0.412. The van der Waals surface area contributed by atoms with E-state index in [9.17, 15) is 9.59 Å². The van der Waals surface area contributed by atoms with E-state index in [4.69, 9.17) is 14.2 Å². The van der Waals surface area contributed by atoms with Crippen LogP contribution in [0.25, 0.3) is 16.5 Å². The van der Waals surface area contributed by atoms with Crippen LogP contribution < -0.4 is 19.7 Å². The summed E-state index contributed by atoms with van der Waals surface area (Å²) in [6.45, 7) is 9.23. The van der Waals surface area contributed by atoms with Crippen molar-refractivity contribution >= 4 is 45.2 Å². The Morgan fingerprint density at radius 3 is 2.38 bits per heavy atom. The molecule has 3 heterocycles. The number of carbonyl (C=O) groups is 2. The van der Waals surface area contributed by atoms with E-state index in [1.807, 2.05) is 24.3 Å². The van der Waals surface area contributed by atoms with Gasteiger partial charge in [0.25, 0.3) is 0 Å². The van der Waals surface area contributed by atoms with E-state index in [1.54, 1.807) is 14.2 Å². The van der Waals surface area contributed by atoms with Gasteiger partial charge in [0.2, 0.25) is 0 Å². The van der Waals surface area contributed by atoms with Crippen LogP contribution in [0.1, 0.15) is 18.4 Å². The van der Waals surface area contributed by atoms with E-state index in [2.05, 4.69) is 36.1 Å². The number of piperazine rings is 1. The van der Waals surface area contributed by atoms with Crippen molar-refractivity contribution in [3.05, 3.63) is 60.5 Å². The van der Waals surface area contributed by atoms with Crippen molar-refractivity contribution in [3.8, 4) is 11.5 Å². The molecule has 0 atom stereocenters. The highest BCUT2D eigenvalue weighted by Gasteiger charge is 2.23. The zero-order valence-corrected chi connectivity index (χ0v) is 26.0. The van der Waals surface area contributed by atoms with Crippen LogP contribution >= 0.6 is 0 Å². The van der Waals surface area contributed by atoms with Crippen LogP contribution in [0.2, 0.25) is 0 Å². The standard InChI is InChI=1S/C34H40N6O5/c1-43-17-18-45-33-22-30-28(21-32(33)44-2)34(36-23-35-30)37-29-7-5-24(19-26(29)27-20-25(41)6-8-31(27)42)40-15-13-39(14-16-40)12-11-38-9-3-4-10-38/h5-8,19-23H,3-4,9-18H2,1-2H3,(H,35,36,37). The summed E-state index contributed by atoms with van der Waals surface area (Å²) in [7, 11) is 3.20. The fourth-order valence-corrected chi connectivity index (χ4v) is 6.10. The summed E-state index contributed by atoms with van der Waals surface area (Å²) in [6, 6.07) is 9.65. The number of aromatic nitrogens is 2. The van der Waals surface area contributed by atoms with Crippen LogP contribution in [-0.2, 0) is 14.3 Å². The number of anilines is 3. The number of carbonyl (C=O) groups excluding carboxylic acids is 2. The Balaban J connectivity index is 1.27. The minimum Gasteiger partial charge on any atom is -0.493 e. The molecule has 236 valence electrons. The lowest BCUT2D eigenvalue weighted by Gasteiger charge is -2.37. The Labute approximate surface area is 263 Å². The molecular weight excluding hydrogens is 572 g/mol. The predicted octanol–water partition coefficient (Wildman–Crippen LogP) is 3.72. The molecule has 6 rings (SSSR count). The molecule has 0 amide bonds. The van der Waals surface area contributed by atoms with Crippen molar-refractivity contribution in [2.24, 2.45) is 0 Å². The summed E-state index contributed by atoms with van der Waals surface area (Å²) in [4.78, 5) is 41.9. The zero-order valence-electron chi connectivity index (χ0n) is 26.0. The largest absolute Gasteiger partial charge is 0.493 e. The number of benzene rings is 2. The van der Waals surface area contributed by atoms with Crippen molar-refractivity contribution in [2.75, 3.05) is 90.0 Å². The molecule has 1 aliphatic carbocycles. The number of allylic oxidation sites excluding steroid dienone is 4. The summed E-state index contributed by atoms with van der Waals surface area (Å²) in [5.41, 5.74) is 3.32. The lowest BCUT2D eigenvalue weighted by molar-refractivity contribution is -0.113. The molecular formula is C34H40N6O5. The van der Waals surface area contributed by atoms with E-state index < -0.39 is 0 Å². The van der Waals surface area contributed by atoms with Crippen LogP contribution in [0, 0.1) is 0 Å². The SMILES string of the molecule is COCCOc1cc2ncnc(Nc3ccc(N4CCN(CCN5CCCC5)CC4)cc3C3=CC(=O)C=CC3=O)c2cc1OC. The number of rotatable bonds is 12. The Hall–Kier alpha value is -4.32. The minimum atomic E-state index is -0.217. The monoisotopic (exact) mass is 612 g/mol. The second-order valence-corrected chi connectivity index (χ2v) is 11.5. The van der Waals surface area contributed by atoms with Gasteiger partial charge in [-0.3, -0.25) is 14.5 Å². The van der Waals surface area contributed by atoms with Gasteiger partial charge >= 0.3 is 0 Å². The molecule has 0 unspecified atom stereocenters. The number of likely N-dealkylation sites (tertiary alicyclic amines) is 1. The summed E-state index contributed by atoms with van der Waals surface area (Å²) < 4.78 is 16.6. The highest BCUT2D eigenvalue weighted by atomic mass is 16.5. The Morgan fingerprint density at radius 1 is 0.844 bits per heavy atom. The van der Waals surface area contributed by atoms with Crippen LogP contribution in [0.5, 0.6) is 11.5 Å². The normalized spacial score (nSPS) is 17.6. The van der Waals surface area contributed by atoms with Gasteiger partial charge < -0.3 is 29.3 Å². The van der Waals surface area contributed by atoms with Crippen molar-refractivity contribution in [1.82, 2.24) is 19.8 Å². The molecule has 0 radical (unpaired) electrons. The van der Waals surface area contributed by atoms with E-state index >= 15 is 0 Å². The third kappa shape index (κ3) is 7.16. The van der Waals surface area contributed by atoms with E-state index in [0.717, 1.165) is 45.0 Å². The third-order valence-electron chi connectivity index (χ3n) is 8.63. The maximum atomic E-state index is 13.1. The molecule has 11 nitrogen and oxygen atoms in total. The number of nitrogens with one attached hydrogen (secondary N) is 1. The molecule has 1 aromatic heterocycles. The summed E-state index contributed by atoms with van der Waals surface area (Å²) in [6.07, 6.45) is 8.16. The molecule has 0 saturated carbocycles. The van der Waals surface area contributed by atoms with Crippen LogP contribution in [0.15, 0.2) is 54.9 Å². The van der Waals surface area contributed by atoms with E-state index in [0.29, 0.717) is 58.3 Å². The van der Waals surface area contributed by atoms with Gasteiger partial charge in [-0.2, -0.15) is 0 Å². The van der Waals surface area contributed by atoms with Gasteiger partial charge in [-0.05, 0) is 68.4 Å².